The molecule has 0 aliphatic carbocycles. The third kappa shape index (κ3) is 8.26. The molecule has 1 unspecified atom stereocenters. The Bertz CT molecular complexity index is 1450. The Hall–Kier alpha value is -3.93. The number of para-hydroxylation sites is 1. The summed E-state index contributed by atoms with van der Waals surface area (Å²) < 4.78 is 5.37. The van der Waals surface area contributed by atoms with Crippen molar-refractivity contribution in [2.24, 2.45) is 5.92 Å². The molecule has 1 aromatic carbocycles. The van der Waals surface area contributed by atoms with Gasteiger partial charge < -0.3 is 30.5 Å². The number of hydrogen-bond acceptors (Lipinski definition) is 7. The number of alkyl carbamates (subject to hydrolysis) is 1. The zero-order valence-electron chi connectivity index (χ0n) is 27.9. The lowest BCUT2D eigenvalue weighted by molar-refractivity contribution is -0.134. The molecule has 0 spiro atoms. The van der Waals surface area contributed by atoms with Crippen LogP contribution in [0.4, 0.5) is 16.2 Å². The van der Waals surface area contributed by atoms with Crippen LogP contribution in [0, 0.1) is 5.92 Å². The van der Waals surface area contributed by atoms with Crippen LogP contribution >= 0.6 is 11.3 Å². The molecule has 3 heterocycles. The molecule has 11 nitrogen and oxygen atoms in total. The number of rotatable bonds is 11. The Labute approximate surface area is 275 Å². The summed E-state index contributed by atoms with van der Waals surface area (Å²) in [6.07, 6.45) is 1.31. The van der Waals surface area contributed by atoms with Crippen molar-refractivity contribution in [3.05, 3.63) is 46.2 Å². The Kier molecular flexibility index (Phi) is 10.8. The standard InChI is InChI=1S/C34H47N5O6S/c1-8-34(7,37-32(44)45-33(4,5)6)31(43)36-24(17-21(2)3)29(41)35-25-18-23-11-9-12-26(38-15-10-13-27(38)40)28(23)39(30(25)42)19-22-14-16-46-20-22/h9,11-12,14,16,20-21,24-25H,8,10,13,15,17-19H2,1-7H3,(H,35,41)(H,36,43)(H,37,44)/t24-,25?,34-/m1/s1. The largest absolute Gasteiger partial charge is 0.444 e. The van der Waals surface area contributed by atoms with E-state index in [1.54, 1.807) is 44.4 Å². The Balaban J connectivity index is 1.58. The summed E-state index contributed by atoms with van der Waals surface area (Å²) in [7, 11) is 0. The lowest BCUT2D eigenvalue weighted by atomic mass is 9.93. The van der Waals surface area contributed by atoms with E-state index in [0.717, 1.165) is 17.5 Å². The van der Waals surface area contributed by atoms with Gasteiger partial charge in [-0.1, -0.05) is 32.9 Å². The van der Waals surface area contributed by atoms with Gasteiger partial charge in [-0.15, -0.1) is 0 Å². The van der Waals surface area contributed by atoms with Crippen molar-refractivity contribution in [3.8, 4) is 0 Å². The maximum atomic E-state index is 14.2. The fourth-order valence-electron chi connectivity index (χ4n) is 5.74. The molecule has 5 amide bonds. The van der Waals surface area contributed by atoms with Gasteiger partial charge in [-0.2, -0.15) is 11.3 Å². The van der Waals surface area contributed by atoms with Crippen LogP contribution in [0.3, 0.4) is 0 Å². The Morgan fingerprint density at radius 1 is 1.11 bits per heavy atom. The van der Waals surface area contributed by atoms with Crippen LogP contribution in [0.15, 0.2) is 35.0 Å². The van der Waals surface area contributed by atoms with Crippen molar-refractivity contribution < 1.29 is 28.7 Å². The van der Waals surface area contributed by atoms with E-state index in [9.17, 15) is 24.0 Å². The van der Waals surface area contributed by atoms with Crippen molar-refractivity contribution in [2.45, 2.75) is 110 Å². The second-order valence-corrected chi connectivity index (χ2v) is 14.5. The molecule has 46 heavy (non-hydrogen) atoms. The lowest BCUT2D eigenvalue weighted by Crippen LogP contribution is -2.62. The number of ether oxygens (including phenoxy) is 1. The van der Waals surface area contributed by atoms with Crippen molar-refractivity contribution in [1.29, 1.82) is 0 Å². The topological polar surface area (TPSA) is 137 Å². The van der Waals surface area contributed by atoms with Crippen LogP contribution in [0.1, 0.15) is 85.3 Å². The molecule has 2 aliphatic heterocycles. The van der Waals surface area contributed by atoms with Crippen LogP contribution in [-0.4, -0.2) is 59.5 Å². The van der Waals surface area contributed by atoms with E-state index in [1.165, 1.54) is 11.3 Å². The highest BCUT2D eigenvalue weighted by molar-refractivity contribution is 7.07. The average molecular weight is 654 g/mol. The molecule has 12 heteroatoms. The molecule has 3 atom stereocenters. The van der Waals surface area contributed by atoms with Gasteiger partial charge in [-0.25, -0.2) is 4.79 Å². The van der Waals surface area contributed by atoms with E-state index in [2.05, 4.69) is 16.0 Å². The van der Waals surface area contributed by atoms with Gasteiger partial charge in [-0.05, 0) is 86.9 Å². The lowest BCUT2D eigenvalue weighted by Gasteiger charge is -2.38. The molecule has 2 aromatic rings. The molecule has 2 aliphatic rings. The molecule has 0 radical (unpaired) electrons. The molecule has 250 valence electrons. The van der Waals surface area contributed by atoms with E-state index in [0.29, 0.717) is 30.8 Å². The van der Waals surface area contributed by atoms with Gasteiger partial charge in [0.2, 0.25) is 23.6 Å². The monoisotopic (exact) mass is 653 g/mol. The number of carbonyl (C=O) groups excluding carboxylic acids is 5. The van der Waals surface area contributed by atoms with Gasteiger partial charge in [0, 0.05) is 19.4 Å². The molecule has 1 fully saturated rings. The quantitative estimate of drug-likeness (QED) is 0.322. The number of fused-ring (bicyclic) bond motifs is 1. The van der Waals surface area contributed by atoms with E-state index in [4.69, 9.17) is 4.74 Å². The first-order valence-electron chi connectivity index (χ1n) is 16.0. The number of nitrogens with one attached hydrogen (secondary N) is 3. The van der Waals surface area contributed by atoms with E-state index in [-0.39, 0.29) is 37.1 Å². The number of benzene rings is 1. The van der Waals surface area contributed by atoms with E-state index in [1.807, 2.05) is 48.9 Å². The number of amides is 5. The minimum atomic E-state index is -1.34. The first kappa shape index (κ1) is 34.9. The third-order valence-electron chi connectivity index (χ3n) is 8.27. The van der Waals surface area contributed by atoms with Crippen molar-refractivity contribution in [1.82, 2.24) is 16.0 Å². The molecule has 4 rings (SSSR count). The highest BCUT2D eigenvalue weighted by atomic mass is 32.1. The number of hydrogen-bond donors (Lipinski definition) is 3. The summed E-state index contributed by atoms with van der Waals surface area (Å²) >= 11 is 1.53. The maximum absolute atomic E-state index is 14.2. The van der Waals surface area contributed by atoms with Gasteiger partial charge in [0.15, 0.2) is 0 Å². The van der Waals surface area contributed by atoms with Crippen molar-refractivity contribution in [3.63, 3.8) is 0 Å². The summed E-state index contributed by atoms with van der Waals surface area (Å²) in [5.41, 5.74) is 1.11. The summed E-state index contributed by atoms with van der Waals surface area (Å²) in [5, 5.41) is 12.4. The van der Waals surface area contributed by atoms with Crippen molar-refractivity contribution >= 4 is 52.4 Å². The van der Waals surface area contributed by atoms with Crippen LogP contribution in [0.2, 0.25) is 0 Å². The first-order chi connectivity index (χ1) is 21.6. The fraction of sp³-hybridized carbons (Fsp3) is 0.559. The second kappa shape index (κ2) is 14.2. The predicted molar refractivity (Wildman–Crippen MR) is 179 cm³/mol. The molecule has 1 aromatic heterocycles. The summed E-state index contributed by atoms with van der Waals surface area (Å²) in [6, 6.07) is 5.79. The minimum Gasteiger partial charge on any atom is -0.444 e. The summed E-state index contributed by atoms with van der Waals surface area (Å²) in [5.74, 6) is -1.23. The molecule has 3 N–H and O–H groups in total. The second-order valence-electron chi connectivity index (χ2n) is 13.7. The highest BCUT2D eigenvalue weighted by Gasteiger charge is 2.40. The number of anilines is 2. The molecule has 0 saturated carbocycles. The van der Waals surface area contributed by atoms with Crippen LogP contribution in [0.5, 0.6) is 0 Å². The third-order valence-corrected chi connectivity index (χ3v) is 9.00. The molecular weight excluding hydrogens is 606 g/mol. The fourth-order valence-corrected chi connectivity index (χ4v) is 6.40. The van der Waals surface area contributed by atoms with E-state index >= 15 is 0 Å². The summed E-state index contributed by atoms with van der Waals surface area (Å²) in [6.45, 7) is 13.3. The van der Waals surface area contributed by atoms with Crippen LogP contribution < -0.4 is 25.8 Å². The average Bonchev–Trinajstić information content (AvgIpc) is 3.64. The van der Waals surface area contributed by atoms with Gasteiger partial charge in [-0.3, -0.25) is 19.2 Å². The first-order valence-corrected chi connectivity index (χ1v) is 16.9. The van der Waals surface area contributed by atoms with E-state index < -0.39 is 41.1 Å². The normalized spacial score (nSPS) is 18.6. The molecule has 0 bridgehead atoms. The minimum absolute atomic E-state index is 0.0271. The zero-order chi connectivity index (χ0) is 33.8. The highest BCUT2D eigenvalue weighted by Crippen LogP contribution is 2.40. The maximum Gasteiger partial charge on any atom is 0.408 e. The number of nitrogens with zero attached hydrogens (tertiary/aromatic N) is 2. The predicted octanol–water partition coefficient (Wildman–Crippen LogP) is 4.67. The van der Waals surface area contributed by atoms with Crippen LogP contribution in [0.25, 0.3) is 0 Å². The Morgan fingerprint density at radius 2 is 1.85 bits per heavy atom. The smallest absolute Gasteiger partial charge is 0.408 e. The number of thiophene rings is 1. The Morgan fingerprint density at radius 3 is 2.43 bits per heavy atom. The van der Waals surface area contributed by atoms with Gasteiger partial charge in [0.05, 0.1) is 17.9 Å². The van der Waals surface area contributed by atoms with Gasteiger partial charge >= 0.3 is 6.09 Å². The zero-order valence-corrected chi connectivity index (χ0v) is 28.7. The van der Waals surface area contributed by atoms with Crippen molar-refractivity contribution in [2.75, 3.05) is 16.3 Å². The summed E-state index contributed by atoms with van der Waals surface area (Å²) in [4.78, 5) is 70.3. The van der Waals surface area contributed by atoms with Gasteiger partial charge in [0.1, 0.15) is 23.2 Å². The SMILES string of the molecule is CC[C@@](C)(NC(=O)OC(C)(C)C)C(=O)N[C@H](CC(C)C)C(=O)NC1Cc2cccc(N3CCCC3=O)c2N(Cc2ccsc2)C1=O. The van der Waals surface area contributed by atoms with Crippen LogP contribution in [-0.2, 0) is 36.9 Å². The molecular formula is C34H47N5O6S. The molecule has 1 saturated heterocycles. The van der Waals surface area contributed by atoms with Gasteiger partial charge in [0.25, 0.3) is 0 Å². The number of carbonyl (C=O) groups is 5.